The second-order valence-corrected chi connectivity index (χ2v) is 8.42. The van der Waals surface area contributed by atoms with Gasteiger partial charge in [0.15, 0.2) is 6.61 Å². The zero-order valence-corrected chi connectivity index (χ0v) is 18.7. The van der Waals surface area contributed by atoms with Crippen molar-refractivity contribution in [3.05, 3.63) is 100 Å². The summed E-state index contributed by atoms with van der Waals surface area (Å²) >= 11 is 1.52. The van der Waals surface area contributed by atoms with Gasteiger partial charge in [0.1, 0.15) is 11.4 Å². The van der Waals surface area contributed by atoms with Gasteiger partial charge in [-0.05, 0) is 49.7 Å². The molecule has 6 nitrogen and oxygen atoms in total. The van der Waals surface area contributed by atoms with Gasteiger partial charge in [0, 0.05) is 22.9 Å². The highest BCUT2D eigenvalue weighted by Gasteiger charge is 2.10. The first kappa shape index (κ1) is 21.6. The molecule has 4 rings (SSSR count). The summed E-state index contributed by atoms with van der Waals surface area (Å²) in [5, 5.41) is 2.91. The second kappa shape index (κ2) is 9.70. The van der Waals surface area contributed by atoms with Crippen LogP contribution in [0.1, 0.15) is 16.8 Å². The van der Waals surface area contributed by atoms with Crippen molar-refractivity contribution in [2.24, 2.45) is 0 Å². The van der Waals surface area contributed by atoms with Gasteiger partial charge in [0.2, 0.25) is 0 Å². The predicted molar refractivity (Wildman–Crippen MR) is 128 cm³/mol. The van der Waals surface area contributed by atoms with Crippen molar-refractivity contribution < 1.29 is 9.53 Å². The number of rotatable bonds is 7. The summed E-state index contributed by atoms with van der Waals surface area (Å²) in [6.45, 7) is 3.85. The van der Waals surface area contributed by atoms with E-state index in [1.807, 2.05) is 74.5 Å². The van der Waals surface area contributed by atoms with Crippen LogP contribution in [-0.2, 0) is 10.5 Å². The van der Waals surface area contributed by atoms with Crippen LogP contribution in [0.3, 0.4) is 0 Å². The highest BCUT2D eigenvalue weighted by Crippen LogP contribution is 2.29. The molecule has 2 aromatic carbocycles. The van der Waals surface area contributed by atoms with E-state index in [2.05, 4.69) is 10.3 Å². The largest absolute Gasteiger partial charge is 0.484 e. The van der Waals surface area contributed by atoms with Crippen molar-refractivity contribution in [3.63, 3.8) is 0 Å². The number of fused-ring (bicyclic) bond motifs is 1. The molecule has 0 saturated carbocycles. The van der Waals surface area contributed by atoms with Gasteiger partial charge in [-0.25, -0.2) is 4.98 Å². The van der Waals surface area contributed by atoms with Crippen LogP contribution in [0.15, 0.2) is 82.6 Å². The lowest BCUT2D eigenvalue weighted by Gasteiger charge is -2.12. The fraction of sp³-hybridized carbons (Fsp3) is 0.160. The number of anilines is 1. The van der Waals surface area contributed by atoms with Crippen molar-refractivity contribution in [2.75, 3.05) is 11.9 Å². The molecule has 0 radical (unpaired) electrons. The summed E-state index contributed by atoms with van der Waals surface area (Å²) < 4.78 is 7.11. The molecule has 0 aliphatic heterocycles. The Kier molecular flexibility index (Phi) is 6.56. The second-order valence-electron chi connectivity index (χ2n) is 7.41. The van der Waals surface area contributed by atoms with Crippen LogP contribution < -0.4 is 15.6 Å². The number of carbonyl (C=O) groups excluding carboxylic acids is 1. The number of para-hydroxylation sites is 1. The van der Waals surface area contributed by atoms with Crippen molar-refractivity contribution in [1.82, 2.24) is 9.38 Å². The quantitative estimate of drug-likeness (QED) is 0.420. The zero-order valence-electron chi connectivity index (χ0n) is 17.9. The molecule has 0 aliphatic carbocycles. The Labute approximate surface area is 190 Å². The van der Waals surface area contributed by atoms with E-state index in [4.69, 9.17) is 4.74 Å². The standard InChI is InChI=1S/C25H23N3O3S/c1-17-9-11-20(12-10-17)31-15-23(29)27-21-7-3-4-8-22(21)32-16-19-14-24(30)28-13-5-6-18(2)25(28)26-19/h3-14H,15-16H2,1-2H3,(H,27,29). The van der Waals surface area contributed by atoms with Crippen LogP contribution in [0.5, 0.6) is 5.75 Å². The first-order valence-electron chi connectivity index (χ1n) is 10.2. The number of amides is 1. The minimum atomic E-state index is -0.240. The normalized spacial score (nSPS) is 10.8. The Morgan fingerprint density at radius 1 is 1.06 bits per heavy atom. The van der Waals surface area contributed by atoms with Crippen molar-refractivity contribution in [1.29, 1.82) is 0 Å². The molecule has 2 aromatic heterocycles. The average Bonchev–Trinajstić information content (AvgIpc) is 2.79. The predicted octanol–water partition coefficient (Wildman–Crippen LogP) is 4.62. The Bertz CT molecular complexity index is 1320. The summed E-state index contributed by atoms with van der Waals surface area (Å²) in [6.07, 6.45) is 1.72. The molecular formula is C25H23N3O3S. The van der Waals surface area contributed by atoms with Gasteiger partial charge in [0.25, 0.3) is 11.5 Å². The number of hydrogen-bond acceptors (Lipinski definition) is 5. The maximum atomic E-state index is 12.4. The lowest BCUT2D eigenvalue weighted by Crippen LogP contribution is -2.20. The molecule has 162 valence electrons. The molecule has 7 heteroatoms. The van der Waals surface area contributed by atoms with Crippen LogP contribution in [0.25, 0.3) is 5.65 Å². The number of aryl methyl sites for hydroxylation is 2. The number of aromatic nitrogens is 2. The molecule has 0 spiro atoms. The number of pyridine rings is 1. The highest BCUT2D eigenvalue weighted by molar-refractivity contribution is 7.98. The number of carbonyl (C=O) groups is 1. The summed E-state index contributed by atoms with van der Waals surface area (Å²) in [7, 11) is 0. The number of hydrogen-bond donors (Lipinski definition) is 1. The lowest BCUT2D eigenvalue weighted by atomic mass is 10.2. The van der Waals surface area contributed by atoms with Gasteiger partial charge < -0.3 is 10.1 Å². The van der Waals surface area contributed by atoms with E-state index >= 15 is 0 Å². The molecule has 0 unspecified atom stereocenters. The molecule has 1 amide bonds. The Hall–Kier alpha value is -3.58. The number of thioether (sulfide) groups is 1. The maximum Gasteiger partial charge on any atom is 0.262 e. The van der Waals surface area contributed by atoms with Gasteiger partial charge in [-0.1, -0.05) is 35.9 Å². The first-order valence-corrected chi connectivity index (χ1v) is 11.2. The van der Waals surface area contributed by atoms with Crippen LogP contribution in [0.2, 0.25) is 0 Å². The molecule has 4 aromatic rings. The third kappa shape index (κ3) is 5.18. The van der Waals surface area contributed by atoms with Crippen LogP contribution in [-0.4, -0.2) is 21.9 Å². The fourth-order valence-electron chi connectivity index (χ4n) is 3.20. The number of nitrogens with zero attached hydrogens (tertiary/aromatic N) is 2. The molecular weight excluding hydrogens is 422 g/mol. The molecule has 0 saturated heterocycles. The van der Waals surface area contributed by atoms with Crippen LogP contribution >= 0.6 is 11.8 Å². The number of benzene rings is 2. The van der Waals surface area contributed by atoms with Crippen molar-refractivity contribution in [2.45, 2.75) is 24.5 Å². The smallest absolute Gasteiger partial charge is 0.262 e. The lowest BCUT2D eigenvalue weighted by molar-refractivity contribution is -0.118. The summed E-state index contributed by atoms with van der Waals surface area (Å²) in [6, 6.07) is 20.4. The van der Waals surface area contributed by atoms with Gasteiger partial charge >= 0.3 is 0 Å². The SMILES string of the molecule is Cc1ccc(OCC(=O)Nc2ccccc2SCc2cc(=O)n3cccc(C)c3n2)cc1. The van der Waals surface area contributed by atoms with E-state index in [9.17, 15) is 9.59 Å². The van der Waals surface area contributed by atoms with Crippen molar-refractivity contribution in [3.8, 4) is 5.75 Å². The van der Waals surface area contributed by atoms with Gasteiger partial charge in [-0.3, -0.25) is 14.0 Å². The monoisotopic (exact) mass is 445 g/mol. The molecule has 0 fully saturated rings. The molecule has 0 atom stereocenters. The maximum absolute atomic E-state index is 12.4. The minimum Gasteiger partial charge on any atom is -0.484 e. The molecule has 2 heterocycles. The number of nitrogens with one attached hydrogen (secondary N) is 1. The van der Waals surface area contributed by atoms with Gasteiger partial charge in [-0.15, -0.1) is 11.8 Å². The molecule has 1 N–H and O–H groups in total. The Morgan fingerprint density at radius 2 is 1.84 bits per heavy atom. The summed E-state index contributed by atoms with van der Waals surface area (Å²) in [5.74, 6) is 0.918. The molecule has 0 aliphatic rings. The summed E-state index contributed by atoms with van der Waals surface area (Å²) in [4.78, 5) is 30.4. The minimum absolute atomic E-state index is 0.0790. The Balaban J connectivity index is 1.43. The highest BCUT2D eigenvalue weighted by atomic mass is 32.2. The van der Waals surface area contributed by atoms with E-state index in [0.29, 0.717) is 28.5 Å². The summed E-state index contributed by atoms with van der Waals surface area (Å²) in [5.41, 5.74) is 4.01. The van der Waals surface area contributed by atoms with Crippen molar-refractivity contribution >= 4 is 29.0 Å². The first-order chi connectivity index (χ1) is 15.5. The third-order valence-corrected chi connectivity index (χ3v) is 5.97. The third-order valence-electron chi connectivity index (χ3n) is 4.87. The average molecular weight is 446 g/mol. The number of ether oxygens (including phenoxy) is 1. The molecule has 0 bridgehead atoms. The van der Waals surface area contributed by atoms with E-state index in [1.165, 1.54) is 11.8 Å². The van der Waals surface area contributed by atoms with Crippen LogP contribution in [0.4, 0.5) is 5.69 Å². The van der Waals surface area contributed by atoms with E-state index in [-0.39, 0.29) is 18.1 Å². The van der Waals surface area contributed by atoms with E-state index in [1.54, 1.807) is 16.7 Å². The Morgan fingerprint density at radius 3 is 2.66 bits per heavy atom. The fourth-order valence-corrected chi connectivity index (χ4v) is 4.10. The molecule has 32 heavy (non-hydrogen) atoms. The van der Waals surface area contributed by atoms with Crippen LogP contribution in [0, 0.1) is 13.8 Å². The topological polar surface area (TPSA) is 72.7 Å². The van der Waals surface area contributed by atoms with E-state index < -0.39 is 0 Å². The zero-order chi connectivity index (χ0) is 22.5. The van der Waals surface area contributed by atoms with E-state index in [0.717, 1.165) is 16.0 Å². The van der Waals surface area contributed by atoms with Gasteiger partial charge in [0.05, 0.1) is 11.4 Å². The van der Waals surface area contributed by atoms with Gasteiger partial charge in [-0.2, -0.15) is 0 Å².